The van der Waals surface area contributed by atoms with Gasteiger partial charge in [0.1, 0.15) is 10.7 Å². The van der Waals surface area contributed by atoms with Crippen molar-refractivity contribution in [3.05, 3.63) is 34.0 Å². The minimum absolute atomic E-state index is 0.163. The van der Waals surface area contributed by atoms with Crippen LogP contribution in [0.4, 0.5) is 5.00 Å². The molecule has 27 heavy (non-hydrogen) atoms. The predicted octanol–water partition coefficient (Wildman–Crippen LogP) is 2.57. The molecule has 3 rings (SSSR count). The van der Waals surface area contributed by atoms with Crippen molar-refractivity contribution >= 4 is 34.2 Å². The molecular formula is C18H21N3O5S. The first-order valence-electron chi connectivity index (χ1n) is 8.77. The van der Waals surface area contributed by atoms with E-state index in [1.54, 1.807) is 6.92 Å². The number of carbonyl (C=O) groups excluding carboxylic acids is 3. The standard InChI is InChI=1S/C18H21N3O5S/c1-3-25-18(24)15-11-5-4-10(2)8-13(11)27-16(15)20-14(22)9-26-17(23)12-6-7-19-21-12/h6-7,10H,3-5,8-9H2,1-2H3,(H,19,21)(H,20,22). The Hall–Kier alpha value is -2.68. The first-order chi connectivity index (χ1) is 13.0. The zero-order valence-electron chi connectivity index (χ0n) is 15.2. The molecule has 2 heterocycles. The second-order valence-corrected chi connectivity index (χ2v) is 7.48. The Morgan fingerprint density at radius 3 is 2.85 bits per heavy atom. The summed E-state index contributed by atoms with van der Waals surface area (Å²) in [7, 11) is 0. The number of esters is 2. The summed E-state index contributed by atoms with van der Waals surface area (Å²) in [6.45, 7) is 3.71. The van der Waals surface area contributed by atoms with Gasteiger partial charge < -0.3 is 14.8 Å². The summed E-state index contributed by atoms with van der Waals surface area (Å²) in [6, 6.07) is 1.45. The number of hydrogen-bond donors (Lipinski definition) is 2. The van der Waals surface area contributed by atoms with Gasteiger partial charge in [-0.05, 0) is 43.7 Å². The van der Waals surface area contributed by atoms with Crippen molar-refractivity contribution < 1.29 is 23.9 Å². The molecule has 1 aliphatic carbocycles. The molecule has 0 saturated carbocycles. The van der Waals surface area contributed by atoms with Crippen molar-refractivity contribution in [2.24, 2.45) is 5.92 Å². The highest BCUT2D eigenvalue weighted by Gasteiger charge is 2.29. The summed E-state index contributed by atoms with van der Waals surface area (Å²) in [5, 5.41) is 9.28. The third kappa shape index (κ3) is 4.36. The molecule has 1 aliphatic rings. The SMILES string of the molecule is CCOC(=O)c1c(NC(=O)COC(=O)c2ccn[nH]2)sc2c1CCC(C)C2. The highest BCUT2D eigenvalue weighted by Crippen LogP contribution is 2.40. The fourth-order valence-corrected chi connectivity index (χ4v) is 4.41. The maximum Gasteiger partial charge on any atom is 0.356 e. The van der Waals surface area contributed by atoms with Crippen LogP contribution in [0.2, 0.25) is 0 Å². The van der Waals surface area contributed by atoms with E-state index >= 15 is 0 Å². The van der Waals surface area contributed by atoms with Gasteiger partial charge in [-0.3, -0.25) is 9.89 Å². The number of anilines is 1. The fourth-order valence-electron chi connectivity index (χ4n) is 3.00. The van der Waals surface area contributed by atoms with E-state index in [9.17, 15) is 14.4 Å². The highest BCUT2D eigenvalue weighted by molar-refractivity contribution is 7.17. The third-order valence-electron chi connectivity index (χ3n) is 4.30. The molecule has 0 aromatic carbocycles. The Morgan fingerprint density at radius 1 is 1.33 bits per heavy atom. The van der Waals surface area contributed by atoms with Crippen LogP contribution in [-0.4, -0.2) is 41.3 Å². The summed E-state index contributed by atoms with van der Waals surface area (Å²) in [5.41, 5.74) is 1.55. The van der Waals surface area contributed by atoms with E-state index in [0.717, 1.165) is 29.7 Å². The first-order valence-corrected chi connectivity index (χ1v) is 9.59. The zero-order valence-corrected chi connectivity index (χ0v) is 16.0. The lowest BCUT2D eigenvalue weighted by Crippen LogP contribution is -2.22. The van der Waals surface area contributed by atoms with Gasteiger partial charge in [-0.25, -0.2) is 9.59 Å². The van der Waals surface area contributed by atoms with Crippen molar-refractivity contribution in [2.75, 3.05) is 18.5 Å². The minimum Gasteiger partial charge on any atom is -0.462 e. The summed E-state index contributed by atoms with van der Waals surface area (Å²) < 4.78 is 10.1. The van der Waals surface area contributed by atoms with Gasteiger partial charge in [0, 0.05) is 11.1 Å². The molecule has 2 aromatic heterocycles. The number of carbonyl (C=O) groups is 3. The van der Waals surface area contributed by atoms with E-state index in [1.165, 1.54) is 23.6 Å². The lowest BCUT2D eigenvalue weighted by atomic mass is 9.88. The largest absolute Gasteiger partial charge is 0.462 e. The lowest BCUT2D eigenvalue weighted by Gasteiger charge is -2.18. The van der Waals surface area contributed by atoms with Crippen molar-refractivity contribution in [1.82, 2.24) is 10.2 Å². The van der Waals surface area contributed by atoms with Gasteiger partial charge in [0.05, 0.1) is 12.2 Å². The van der Waals surface area contributed by atoms with Crippen LogP contribution in [0.5, 0.6) is 0 Å². The molecule has 0 aliphatic heterocycles. The molecule has 1 amide bonds. The Balaban J connectivity index is 1.72. The number of hydrogen-bond acceptors (Lipinski definition) is 7. The molecule has 0 saturated heterocycles. The molecule has 8 nitrogen and oxygen atoms in total. The van der Waals surface area contributed by atoms with Gasteiger partial charge in [-0.1, -0.05) is 6.92 Å². The average Bonchev–Trinajstić information content (AvgIpc) is 3.27. The second kappa shape index (κ2) is 8.34. The van der Waals surface area contributed by atoms with Gasteiger partial charge in [0.2, 0.25) is 0 Å². The number of H-pyrrole nitrogens is 1. The number of fused-ring (bicyclic) bond motifs is 1. The Kier molecular flexibility index (Phi) is 5.90. The number of nitrogens with one attached hydrogen (secondary N) is 2. The first kappa shape index (κ1) is 19.1. The van der Waals surface area contributed by atoms with Gasteiger partial charge in [-0.15, -0.1) is 11.3 Å². The molecule has 1 atom stereocenters. The highest BCUT2D eigenvalue weighted by atomic mass is 32.1. The van der Waals surface area contributed by atoms with Crippen LogP contribution in [0, 0.1) is 5.92 Å². The van der Waals surface area contributed by atoms with Crippen LogP contribution in [0.25, 0.3) is 0 Å². The summed E-state index contributed by atoms with van der Waals surface area (Å²) in [5.74, 6) is -1.09. The molecule has 1 unspecified atom stereocenters. The van der Waals surface area contributed by atoms with E-state index in [1.807, 2.05) is 0 Å². The van der Waals surface area contributed by atoms with Crippen LogP contribution in [0.3, 0.4) is 0 Å². The fraction of sp³-hybridized carbons (Fsp3) is 0.444. The van der Waals surface area contributed by atoms with E-state index in [0.29, 0.717) is 16.5 Å². The molecule has 9 heteroatoms. The molecule has 0 fully saturated rings. The van der Waals surface area contributed by atoms with Crippen molar-refractivity contribution in [3.63, 3.8) is 0 Å². The zero-order chi connectivity index (χ0) is 19.4. The minimum atomic E-state index is -0.674. The van der Waals surface area contributed by atoms with Crippen LogP contribution in [-0.2, 0) is 27.1 Å². The van der Waals surface area contributed by atoms with Gasteiger partial charge in [0.25, 0.3) is 5.91 Å². The van der Waals surface area contributed by atoms with E-state index in [-0.39, 0.29) is 12.3 Å². The van der Waals surface area contributed by atoms with E-state index in [4.69, 9.17) is 9.47 Å². The number of nitrogens with zero attached hydrogens (tertiary/aromatic N) is 1. The number of aromatic nitrogens is 2. The Morgan fingerprint density at radius 2 is 2.15 bits per heavy atom. The molecule has 2 aromatic rings. The van der Waals surface area contributed by atoms with Crippen molar-refractivity contribution in [1.29, 1.82) is 0 Å². The summed E-state index contributed by atoms with van der Waals surface area (Å²) >= 11 is 1.39. The molecule has 2 N–H and O–H groups in total. The quantitative estimate of drug-likeness (QED) is 0.732. The average molecular weight is 391 g/mol. The Labute approximate surface area is 160 Å². The lowest BCUT2D eigenvalue weighted by molar-refractivity contribution is -0.119. The van der Waals surface area contributed by atoms with Crippen molar-refractivity contribution in [2.45, 2.75) is 33.1 Å². The monoisotopic (exact) mass is 391 g/mol. The molecule has 0 radical (unpaired) electrons. The molecule has 0 bridgehead atoms. The normalized spacial score (nSPS) is 15.7. The second-order valence-electron chi connectivity index (χ2n) is 6.37. The van der Waals surface area contributed by atoms with Gasteiger partial charge in [0.15, 0.2) is 6.61 Å². The smallest absolute Gasteiger partial charge is 0.356 e. The topological polar surface area (TPSA) is 110 Å². The van der Waals surface area contributed by atoms with E-state index < -0.39 is 24.5 Å². The molecule has 0 spiro atoms. The third-order valence-corrected chi connectivity index (χ3v) is 5.47. The Bertz CT molecular complexity index is 844. The number of ether oxygens (including phenoxy) is 2. The van der Waals surface area contributed by atoms with Crippen LogP contribution in [0.1, 0.15) is 51.6 Å². The van der Waals surface area contributed by atoms with Crippen LogP contribution in [0.15, 0.2) is 12.3 Å². The van der Waals surface area contributed by atoms with Crippen LogP contribution >= 0.6 is 11.3 Å². The number of rotatable bonds is 6. The van der Waals surface area contributed by atoms with Gasteiger partial charge in [-0.2, -0.15) is 5.10 Å². The molecule has 144 valence electrons. The van der Waals surface area contributed by atoms with Crippen LogP contribution < -0.4 is 5.32 Å². The maximum absolute atomic E-state index is 12.4. The van der Waals surface area contributed by atoms with E-state index in [2.05, 4.69) is 22.4 Å². The predicted molar refractivity (Wildman–Crippen MR) is 99.0 cm³/mol. The summed E-state index contributed by atoms with van der Waals surface area (Å²) in [4.78, 5) is 37.5. The number of aromatic amines is 1. The number of thiophene rings is 1. The number of amides is 1. The van der Waals surface area contributed by atoms with Crippen molar-refractivity contribution in [3.8, 4) is 0 Å². The summed E-state index contributed by atoms with van der Waals surface area (Å²) in [6.07, 6.45) is 4.06. The van der Waals surface area contributed by atoms with Gasteiger partial charge >= 0.3 is 11.9 Å². The molecular weight excluding hydrogens is 370 g/mol. The maximum atomic E-state index is 12.4.